The first-order chi connectivity index (χ1) is 16.4. The first-order valence-electron chi connectivity index (χ1n) is 11.4. The molecule has 0 aromatic carbocycles. The molecule has 34 heavy (non-hydrogen) atoms. The molecule has 0 unspecified atom stereocenters. The Morgan fingerprint density at radius 3 is 2.94 bits per heavy atom. The molecule has 6 rings (SSSR count). The number of likely N-dealkylation sites (tertiary alicyclic amines) is 1. The molecule has 3 aromatic heterocycles. The molecule has 2 bridgehead atoms. The van der Waals surface area contributed by atoms with E-state index in [1.165, 1.54) is 12.3 Å². The zero-order chi connectivity index (χ0) is 23.6. The van der Waals surface area contributed by atoms with Gasteiger partial charge in [0.2, 0.25) is 11.8 Å². The van der Waals surface area contributed by atoms with E-state index < -0.39 is 11.9 Å². The van der Waals surface area contributed by atoms with Crippen LogP contribution in [-0.2, 0) is 17.8 Å². The van der Waals surface area contributed by atoms with Crippen molar-refractivity contribution in [2.45, 2.75) is 39.0 Å². The Kier molecular flexibility index (Phi) is 4.68. The number of nitrogens with zero attached hydrogens (tertiary/aromatic N) is 6. The SMILES string of the molecule is CC(=O)N1C[C@@H]2Cc3cn4ncc5c4nc3N(Cc3cc(F)cnc3O[C@@H](C)CNC5=O)[C@@H]2C1. The molecule has 0 saturated carbocycles. The fraction of sp³-hybridized carbons (Fsp3) is 0.435. The van der Waals surface area contributed by atoms with Crippen molar-refractivity contribution in [1.29, 1.82) is 0 Å². The van der Waals surface area contributed by atoms with Gasteiger partial charge < -0.3 is 19.9 Å². The smallest absolute Gasteiger partial charge is 0.256 e. The van der Waals surface area contributed by atoms with Gasteiger partial charge in [-0.25, -0.2) is 18.9 Å². The van der Waals surface area contributed by atoms with Crippen molar-refractivity contribution in [2.75, 3.05) is 24.5 Å². The second-order valence-corrected chi connectivity index (χ2v) is 9.26. The molecule has 176 valence electrons. The maximum absolute atomic E-state index is 14.3. The number of nitrogens with one attached hydrogen (secondary N) is 1. The molecular formula is C23H24FN7O3. The number of hydrogen-bond donors (Lipinski definition) is 1. The van der Waals surface area contributed by atoms with Crippen molar-refractivity contribution in [1.82, 2.24) is 29.8 Å². The Balaban J connectivity index is 1.54. The highest BCUT2D eigenvalue weighted by molar-refractivity contribution is 5.99. The van der Waals surface area contributed by atoms with Gasteiger partial charge in [-0.1, -0.05) is 0 Å². The molecule has 3 aliphatic rings. The number of pyridine rings is 1. The lowest BCUT2D eigenvalue weighted by molar-refractivity contribution is -0.127. The number of aromatic nitrogens is 4. The van der Waals surface area contributed by atoms with Crippen LogP contribution < -0.4 is 15.0 Å². The quantitative estimate of drug-likeness (QED) is 0.532. The van der Waals surface area contributed by atoms with Gasteiger partial charge in [-0.05, 0) is 19.4 Å². The minimum atomic E-state index is -0.459. The highest BCUT2D eigenvalue weighted by Gasteiger charge is 2.43. The lowest BCUT2D eigenvalue weighted by atomic mass is 9.90. The maximum atomic E-state index is 14.3. The van der Waals surface area contributed by atoms with Crippen LogP contribution in [0.25, 0.3) is 5.65 Å². The van der Waals surface area contributed by atoms with Crippen LogP contribution in [0.2, 0.25) is 0 Å². The molecular weight excluding hydrogens is 441 g/mol. The van der Waals surface area contributed by atoms with Crippen molar-refractivity contribution in [3.8, 4) is 5.88 Å². The van der Waals surface area contributed by atoms with E-state index in [1.807, 2.05) is 18.0 Å². The normalized spacial score (nSPS) is 24.0. The molecule has 1 saturated heterocycles. The summed E-state index contributed by atoms with van der Waals surface area (Å²) in [4.78, 5) is 38.1. The summed E-state index contributed by atoms with van der Waals surface area (Å²) in [5, 5.41) is 7.22. The van der Waals surface area contributed by atoms with Gasteiger partial charge in [0.15, 0.2) is 5.65 Å². The fourth-order valence-corrected chi connectivity index (χ4v) is 5.22. The lowest BCUT2D eigenvalue weighted by Gasteiger charge is -2.39. The van der Waals surface area contributed by atoms with Crippen LogP contribution in [0.1, 0.15) is 35.3 Å². The Morgan fingerprint density at radius 1 is 1.26 bits per heavy atom. The van der Waals surface area contributed by atoms with Gasteiger partial charge in [-0.3, -0.25) is 9.59 Å². The summed E-state index contributed by atoms with van der Waals surface area (Å²) in [7, 11) is 0. The molecule has 3 atom stereocenters. The van der Waals surface area contributed by atoms with E-state index in [-0.39, 0.29) is 30.3 Å². The minimum absolute atomic E-state index is 0.00906. The molecule has 2 amide bonds. The zero-order valence-corrected chi connectivity index (χ0v) is 18.9. The van der Waals surface area contributed by atoms with Crippen molar-refractivity contribution in [3.05, 3.63) is 47.2 Å². The predicted molar refractivity (Wildman–Crippen MR) is 119 cm³/mol. The lowest BCUT2D eigenvalue weighted by Crippen LogP contribution is -2.45. The van der Waals surface area contributed by atoms with Crippen molar-refractivity contribution < 1.29 is 18.7 Å². The number of halogens is 1. The molecule has 0 spiro atoms. The third kappa shape index (κ3) is 3.34. The summed E-state index contributed by atoms with van der Waals surface area (Å²) in [5.74, 6) is 0.478. The predicted octanol–water partition coefficient (Wildman–Crippen LogP) is 1.18. The van der Waals surface area contributed by atoms with Crippen LogP contribution in [0.3, 0.4) is 0 Å². The number of anilines is 1. The molecule has 11 heteroatoms. The van der Waals surface area contributed by atoms with Crippen LogP contribution >= 0.6 is 0 Å². The van der Waals surface area contributed by atoms with Crippen LogP contribution in [-0.4, -0.2) is 68.1 Å². The fourth-order valence-electron chi connectivity index (χ4n) is 5.22. The molecule has 1 N–H and O–H groups in total. The Bertz CT molecular complexity index is 1330. The molecule has 6 heterocycles. The van der Waals surface area contributed by atoms with Crippen molar-refractivity contribution in [3.63, 3.8) is 0 Å². The Hall–Kier alpha value is -3.76. The molecule has 10 nitrogen and oxygen atoms in total. The van der Waals surface area contributed by atoms with Gasteiger partial charge in [0.05, 0.1) is 31.5 Å². The molecule has 3 aromatic rings. The molecule has 1 fully saturated rings. The van der Waals surface area contributed by atoms with Crippen LogP contribution in [0.5, 0.6) is 5.88 Å². The molecule has 3 aliphatic heterocycles. The number of rotatable bonds is 0. The third-order valence-corrected chi connectivity index (χ3v) is 6.89. The molecule has 0 radical (unpaired) electrons. The average Bonchev–Trinajstić information content (AvgIpc) is 3.41. The van der Waals surface area contributed by atoms with Gasteiger partial charge in [0, 0.05) is 43.3 Å². The van der Waals surface area contributed by atoms with Gasteiger partial charge in [-0.2, -0.15) is 5.10 Å². The highest BCUT2D eigenvalue weighted by atomic mass is 19.1. The summed E-state index contributed by atoms with van der Waals surface area (Å²) < 4.78 is 21.9. The van der Waals surface area contributed by atoms with E-state index in [1.54, 1.807) is 11.4 Å². The van der Waals surface area contributed by atoms with E-state index >= 15 is 0 Å². The number of hydrogen-bond acceptors (Lipinski definition) is 7. The standard InChI is InChI=1S/C23H24FN7O3/c1-12-5-25-22(33)18-7-27-31-10-15-3-14-8-29(13(2)32)11-19(14)30(20(15)28-21(18)31)9-16-4-17(24)6-26-23(16)34-12/h4,6-7,10,12,14,19H,3,5,8-9,11H2,1-2H3,(H,25,33)/t12-,14-,19+/m0/s1. The number of amides is 2. The number of carbonyl (C=O) groups is 2. The minimum Gasteiger partial charge on any atom is -0.473 e. The first-order valence-corrected chi connectivity index (χ1v) is 11.4. The monoisotopic (exact) mass is 465 g/mol. The number of carbonyl (C=O) groups excluding carboxylic acids is 2. The van der Waals surface area contributed by atoms with Gasteiger partial charge in [0.1, 0.15) is 23.3 Å². The second kappa shape index (κ2) is 7.64. The zero-order valence-electron chi connectivity index (χ0n) is 18.9. The van der Waals surface area contributed by atoms with E-state index in [2.05, 4.69) is 20.3 Å². The van der Waals surface area contributed by atoms with Gasteiger partial charge in [0.25, 0.3) is 5.91 Å². The second-order valence-electron chi connectivity index (χ2n) is 9.26. The average molecular weight is 465 g/mol. The van der Waals surface area contributed by atoms with Crippen LogP contribution in [0.4, 0.5) is 10.2 Å². The maximum Gasteiger partial charge on any atom is 0.256 e. The third-order valence-electron chi connectivity index (χ3n) is 6.89. The number of ether oxygens (including phenoxy) is 1. The summed E-state index contributed by atoms with van der Waals surface area (Å²) >= 11 is 0. The summed E-state index contributed by atoms with van der Waals surface area (Å²) in [6.07, 6.45) is 4.88. The van der Waals surface area contributed by atoms with Crippen molar-refractivity contribution >= 4 is 23.3 Å². The largest absolute Gasteiger partial charge is 0.473 e. The van der Waals surface area contributed by atoms with Gasteiger partial charge in [-0.15, -0.1) is 0 Å². The van der Waals surface area contributed by atoms with Crippen LogP contribution in [0, 0.1) is 11.7 Å². The first kappa shape index (κ1) is 20.8. The number of fused-ring (bicyclic) bond motifs is 3. The van der Waals surface area contributed by atoms with Gasteiger partial charge >= 0.3 is 0 Å². The summed E-state index contributed by atoms with van der Waals surface area (Å²) in [5.41, 5.74) is 2.37. The topological polar surface area (TPSA) is 105 Å². The van der Waals surface area contributed by atoms with Crippen molar-refractivity contribution in [2.24, 2.45) is 5.92 Å². The van der Waals surface area contributed by atoms with Crippen LogP contribution in [0.15, 0.2) is 24.7 Å². The summed E-state index contributed by atoms with van der Waals surface area (Å²) in [6, 6.07) is 1.42. The summed E-state index contributed by atoms with van der Waals surface area (Å²) in [6.45, 7) is 5.13. The highest BCUT2D eigenvalue weighted by Crippen LogP contribution is 2.39. The Morgan fingerprint density at radius 2 is 2.12 bits per heavy atom. The van der Waals surface area contributed by atoms with E-state index in [9.17, 15) is 14.0 Å². The van der Waals surface area contributed by atoms with E-state index in [0.717, 1.165) is 18.2 Å². The van der Waals surface area contributed by atoms with E-state index in [0.29, 0.717) is 48.1 Å². The molecule has 0 aliphatic carbocycles. The Labute approximate surface area is 194 Å². The van der Waals surface area contributed by atoms with E-state index in [4.69, 9.17) is 9.72 Å².